The van der Waals surface area contributed by atoms with Gasteiger partial charge in [-0.1, -0.05) is 23.2 Å². The lowest BCUT2D eigenvalue weighted by atomic mass is 10.1. The first-order valence-corrected chi connectivity index (χ1v) is 9.50. The minimum absolute atomic E-state index is 0.300. The van der Waals surface area contributed by atoms with Crippen molar-refractivity contribution >= 4 is 34.8 Å². The van der Waals surface area contributed by atoms with Gasteiger partial charge in [-0.2, -0.15) is 0 Å². The molecule has 0 fully saturated rings. The van der Waals surface area contributed by atoms with E-state index in [0.717, 1.165) is 6.54 Å². The van der Waals surface area contributed by atoms with Crippen molar-refractivity contribution in [1.82, 2.24) is 4.90 Å². The third-order valence-electron chi connectivity index (χ3n) is 3.77. The number of amides is 1. The second kappa shape index (κ2) is 10.4. The van der Waals surface area contributed by atoms with Gasteiger partial charge in [-0.3, -0.25) is 4.79 Å². The van der Waals surface area contributed by atoms with Crippen LogP contribution in [0.2, 0.25) is 10.0 Å². The van der Waals surface area contributed by atoms with Crippen molar-refractivity contribution in [3.63, 3.8) is 0 Å². The number of anilines is 1. The zero-order valence-electron chi connectivity index (χ0n) is 16.3. The highest BCUT2D eigenvalue weighted by Gasteiger charge is 2.16. The smallest absolute Gasteiger partial charge is 0.255 e. The predicted octanol–water partition coefficient (Wildman–Crippen LogP) is 4.59. The molecule has 0 aliphatic carbocycles. The number of carbonyl (C=O) groups excluding carboxylic acids is 1. The van der Waals surface area contributed by atoms with Gasteiger partial charge in [-0.05, 0) is 51.4 Å². The van der Waals surface area contributed by atoms with Gasteiger partial charge in [-0.15, -0.1) is 0 Å². The van der Waals surface area contributed by atoms with Crippen LogP contribution in [0, 0.1) is 0 Å². The number of ether oxygens (including phenoxy) is 3. The molecule has 0 aliphatic heterocycles. The van der Waals surface area contributed by atoms with Crippen LogP contribution in [-0.2, 0) is 0 Å². The Morgan fingerprint density at radius 2 is 1.82 bits per heavy atom. The molecule has 1 N–H and O–H groups in total. The number of rotatable bonds is 9. The minimum Gasteiger partial charge on any atom is -0.493 e. The Labute approximate surface area is 175 Å². The topological polar surface area (TPSA) is 60.0 Å². The largest absolute Gasteiger partial charge is 0.493 e. The van der Waals surface area contributed by atoms with Crippen LogP contribution in [0.5, 0.6) is 17.2 Å². The van der Waals surface area contributed by atoms with E-state index in [9.17, 15) is 4.79 Å². The van der Waals surface area contributed by atoms with Crippen LogP contribution in [0.15, 0.2) is 30.3 Å². The summed E-state index contributed by atoms with van der Waals surface area (Å²) in [6, 6.07) is 8.19. The molecule has 0 unspecified atom stereocenters. The molecule has 28 heavy (non-hydrogen) atoms. The fourth-order valence-corrected chi connectivity index (χ4v) is 2.87. The number of nitrogens with zero attached hydrogens (tertiary/aromatic N) is 1. The maximum Gasteiger partial charge on any atom is 0.255 e. The van der Waals surface area contributed by atoms with E-state index < -0.39 is 0 Å². The van der Waals surface area contributed by atoms with Crippen LogP contribution in [0.4, 0.5) is 5.69 Å². The average molecular weight is 427 g/mol. The van der Waals surface area contributed by atoms with E-state index >= 15 is 0 Å². The van der Waals surface area contributed by atoms with Crippen molar-refractivity contribution < 1.29 is 19.0 Å². The van der Waals surface area contributed by atoms with Gasteiger partial charge in [0, 0.05) is 17.8 Å². The van der Waals surface area contributed by atoms with E-state index in [4.69, 9.17) is 37.4 Å². The molecule has 0 aromatic heterocycles. The predicted molar refractivity (Wildman–Crippen MR) is 113 cm³/mol. The van der Waals surface area contributed by atoms with Crippen LogP contribution in [0.25, 0.3) is 0 Å². The lowest BCUT2D eigenvalue weighted by Gasteiger charge is -2.14. The Bertz CT molecular complexity index is 828. The summed E-state index contributed by atoms with van der Waals surface area (Å²) >= 11 is 12.5. The fraction of sp³-hybridized carbons (Fsp3) is 0.350. The fourth-order valence-electron chi connectivity index (χ4n) is 2.37. The van der Waals surface area contributed by atoms with Gasteiger partial charge in [0.15, 0.2) is 11.5 Å². The molecule has 0 spiro atoms. The zero-order valence-corrected chi connectivity index (χ0v) is 17.9. The molecule has 8 heteroatoms. The van der Waals surface area contributed by atoms with Gasteiger partial charge < -0.3 is 24.4 Å². The molecular formula is C20H24Cl2N2O4. The number of nitrogens with one attached hydrogen (secondary N) is 1. The first kappa shape index (κ1) is 22.1. The second-order valence-electron chi connectivity index (χ2n) is 6.17. The Kier molecular flexibility index (Phi) is 8.23. The molecule has 6 nitrogen and oxygen atoms in total. The molecule has 0 saturated carbocycles. The van der Waals surface area contributed by atoms with E-state index in [1.165, 1.54) is 13.2 Å². The molecule has 2 aromatic rings. The Morgan fingerprint density at radius 1 is 1.07 bits per heavy atom. The molecule has 0 radical (unpaired) electrons. The van der Waals surface area contributed by atoms with E-state index in [2.05, 4.69) is 5.32 Å². The lowest BCUT2D eigenvalue weighted by Crippen LogP contribution is -2.19. The first-order chi connectivity index (χ1) is 13.3. The van der Waals surface area contributed by atoms with Crippen molar-refractivity contribution in [2.24, 2.45) is 0 Å². The van der Waals surface area contributed by atoms with Crippen molar-refractivity contribution in [3.8, 4) is 17.2 Å². The number of likely N-dealkylation sites (N-methyl/N-ethyl adjacent to an activating group) is 1. The van der Waals surface area contributed by atoms with Crippen LogP contribution in [-0.4, -0.2) is 51.8 Å². The molecule has 0 saturated heterocycles. The number of benzene rings is 2. The van der Waals surface area contributed by atoms with E-state index in [0.29, 0.717) is 51.8 Å². The summed E-state index contributed by atoms with van der Waals surface area (Å²) in [7, 11) is 5.42. The third kappa shape index (κ3) is 5.92. The van der Waals surface area contributed by atoms with Crippen LogP contribution in [0.1, 0.15) is 17.3 Å². The number of halogens is 2. The number of carbonyl (C=O) groups is 1. The second-order valence-corrected chi connectivity index (χ2v) is 6.99. The molecular weight excluding hydrogens is 403 g/mol. The van der Waals surface area contributed by atoms with Gasteiger partial charge in [0.25, 0.3) is 5.91 Å². The minimum atomic E-state index is -0.347. The SMILES string of the molecule is CCOc1c(Cl)cc(C(=O)Nc2ccc(OCCN(C)C)c(Cl)c2)cc1OC. The van der Waals surface area contributed by atoms with Crippen LogP contribution in [0.3, 0.4) is 0 Å². The monoisotopic (exact) mass is 426 g/mol. The number of hydrogen-bond acceptors (Lipinski definition) is 5. The molecule has 1 amide bonds. The van der Waals surface area contributed by atoms with Gasteiger partial charge in [0.2, 0.25) is 0 Å². The molecule has 0 heterocycles. The Morgan fingerprint density at radius 3 is 2.43 bits per heavy atom. The Balaban J connectivity index is 2.12. The van der Waals surface area contributed by atoms with E-state index in [1.807, 2.05) is 25.9 Å². The van der Waals surface area contributed by atoms with E-state index in [1.54, 1.807) is 24.3 Å². The summed E-state index contributed by atoms with van der Waals surface area (Å²) in [6.45, 7) is 3.56. The average Bonchev–Trinajstić information content (AvgIpc) is 2.64. The van der Waals surface area contributed by atoms with Gasteiger partial charge in [0.1, 0.15) is 12.4 Å². The van der Waals surface area contributed by atoms with Gasteiger partial charge in [0.05, 0.1) is 23.8 Å². The van der Waals surface area contributed by atoms with Crippen LogP contribution < -0.4 is 19.5 Å². The molecule has 0 bridgehead atoms. The highest BCUT2D eigenvalue weighted by molar-refractivity contribution is 6.33. The zero-order chi connectivity index (χ0) is 20.7. The Hall–Kier alpha value is -2.15. The van der Waals surface area contributed by atoms with Crippen LogP contribution >= 0.6 is 23.2 Å². The maximum absolute atomic E-state index is 12.6. The molecule has 0 atom stereocenters. The maximum atomic E-state index is 12.6. The first-order valence-electron chi connectivity index (χ1n) is 8.74. The molecule has 2 aromatic carbocycles. The normalized spacial score (nSPS) is 10.7. The molecule has 2 rings (SSSR count). The lowest BCUT2D eigenvalue weighted by molar-refractivity contribution is 0.102. The molecule has 0 aliphatic rings. The standard InChI is InChI=1S/C20H24Cl2N2O4/c1-5-27-19-16(22)10-13(11-18(19)26-4)20(25)23-14-6-7-17(15(21)12-14)28-9-8-24(2)3/h6-7,10-12H,5,8-9H2,1-4H3,(H,23,25). The van der Waals surface area contributed by atoms with Crippen molar-refractivity contribution in [3.05, 3.63) is 45.9 Å². The van der Waals surface area contributed by atoms with Crippen molar-refractivity contribution in [2.75, 3.05) is 46.3 Å². The molecule has 152 valence electrons. The number of hydrogen-bond donors (Lipinski definition) is 1. The van der Waals surface area contributed by atoms with E-state index in [-0.39, 0.29) is 5.91 Å². The van der Waals surface area contributed by atoms with Crippen molar-refractivity contribution in [2.45, 2.75) is 6.92 Å². The van der Waals surface area contributed by atoms with Gasteiger partial charge >= 0.3 is 0 Å². The quantitative estimate of drug-likeness (QED) is 0.634. The summed E-state index contributed by atoms with van der Waals surface area (Å²) in [5.41, 5.74) is 0.881. The summed E-state index contributed by atoms with van der Waals surface area (Å²) < 4.78 is 16.4. The highest BCUT2D eigenvalue weighted by Crippen LogP contribution is 2.36. The third-order valence-corrected chi connectivity index (χ3v) is 4.34. The highest BCUT2D eigenvalue weighted by atomic mass is 35.5. The summed E-state index contributed by atoms with van der Waals surface area (Å²) in [5, 5.41) is 3.50. The van der Waals surface area contributed by atoms with Gasteiger partial charge in [-0.25, -0.2) is 0 Å². The summed E-state index contributed by atoms with van der Waals surface area (Å²) in [4.78, 5) is 14.6. The summed E-state index contributed by atoms with van der Waals surface area (Å²) in [6.07, 6.45) is 0. The number of methoxy groups -OCH3 is 1. The summed E-state index contributed by atoms with van der Waals surface area (Å²) in [5.74, 6) is 1.01. The van der Waals surface area contributed by atoms with Crippen molar-refractivity contribution in [1.29, 1.82) is 0 Å².